The summed E-state index contributed by atoms with van der Waals surface area (Å²) < 4.78 is 5.37. The number of ether oxygens (including phenoxy) is 1. The minimum atomic E-state index is 0.436. The number of allylic oxidation sites excluding steroid dienone is 2. The zero-order valence-corrected chi connectivity index (χ0v) is 8.13. The molecular formula is C11H15NO. The fourth-order valence-electron chi connectivity index (χ4n) is 1.47. The quantitative estimate of drug-likeness (QED) is 0.652. The van der Waals surface area contributed by atoms with Crippen molar-refractivity contribution in [3.05, 3.63) is 35.3 Å². The van der Waals surface area contributed by atoms with Crippen LogP contribution in [0.1, 0.15) is 19.8 Å². The molecule has 1 atom stereocenters. The Morgan fingerprint density at radius 1 is 1.54 bits per heavy atom. The van der Waals surface area contributed by atoms with E-state index in [1.54, 1.807) is 7.11 Å². The van der Waals surface area contributed by atoms with Gasteiger partial charge in [0.15, 0.2) is 0 Å². The van der Waals surface area contributed by atoms with Gasteiger partial charge in [-0.1, -0.05) is 12.2 Å². The highest BCUT2D eigenvalue weighted by Gasteiger charge is 2.21. The van der Waals surface area contributed by atoms with Gasteiger partial charge in [0.25, 0.3) is 0 Å². The Hall–Kier alpha value is -1.18. The number of rotatable bonds is 2. The van der Waals surface area contributed by atoms with E-state index in [4.69, 9.17) is 4.74 Å². The van der Waals surface area contributed by atoms with Crippen molar-refractivity contribution in [3.63, 3.8) is 0 Å². The molecule has 0 spiro atoms. The van der Waals surface area contributed by atoms with Crippen molar-refractivity contribution < 1.29 is 4.74 Å². The van der Waals surface area contributed by atoms with E-state index in [2.05, 4.69) is 24.4 Å². The molecule has 1 fully saturated rings. The van der Waals surface area contributed by atoms with Crippen LogP contribution in [0.4, 0.5) is 0 Å². The second-order valence-electron chi connectivity index (χ2n) is 3.55. The largest absolute Gasteiger partial charge is 0.496 e. The van der Waals surface area contributed by atoms with Gasteiger partial charge in [-0.2, -0.15) is 0 Å². The Balaban J connectivity index is 2.17. The van der Waals surface area contributed by atoms with Crippen LogP contribution in [-0.2, 0) is 4.74 Å². The number of hydrogen-bond donors (Lipinski definition) is 1. The average molecular weight is 177 g/mol. The fourth-order valence-corrected chi connectivity index (χ4v) is 1.47. The predicted octanol–water partition coefficient (Wildman–Crippen LogP) is 2.11. The molecule has 0 aromatic rings. The van der Waals surface area contributed by atoms with E-state index >= 15 is 0 Å². The lowest BCUT2D eigenvalue weighted by Gasteiger charge is -2.15. The molecule has 1 heterocycles. The summed E-state index contributed by atoms with van der Waals surface area (Å²) in [5.74, 6) is 1.07. The number of methoxy groups -OCH3 is 1. The molecule has 0 radical (unpaired) electrons. The van der Waals surface area contributed by atoms with Crippen molar-refractivity contribution in [1.82, 2.24) is 5.32 Å². The smallest absolute Gasteiger partial charge is 0.126 e. The second-order valence-corrected chi connectivity index (χ2v) is 3.55. The lowest BCUT2D eigenvalue weighted by molar-refractivity contribution is 0.300. The monoisotopic (exact) mass is 177 g/mol. The molecule has 0 aromatic carbocycles. The van der Waals surface area contributed by atoms with Gasteiger partial charge in [-0.25, -0.2) is 0 Å². The van der Waals surface area contributed by atoms with Crippen LogP contribution in [0.25, 0.3) is 0 Å². The SMILES string of the molecule is COC(C1=CNC(C)C=C1)=C1CC1. The molecule has 1 unspecified atom stereocenters. The molecule has 1 N–H and O–H groups in total. The Morgan fingerprint density at radius 2 is 2.31 bits per heavy atom. The van der Waals surface area contributed by atoms with Crippen molar-refractivity contribution in [3.8, 4) is 0 Å². The van der Waals surface area contributed by atoms with Gasteiger partial charge in [-0.3, -0.25) is 0 Å². The van der Waals surface area contributed by atoms with E-state index < -0.39 is 0 Å². The van der Waals surface area contributed by atoms with Gasteiger partial charge in [0.2, 0.25) is 0 Å². The molecule has 1 aliphatic heterocycles. The first-order chi connectivity index (χ1) is 6.31. The molecule has 1 aliphatic carbocycles. The van der Waals surface area contributed by atoms with Gasteiger partial charge in [-0.05, 0) is 25.3 Å². The first kappa shape index (κ1) is 8.42. The van der Waals surface area contributed by atoms with E-state index in [-0.39, 0.29) is 0 Å². The van der Waals surface area contributed by atoms with Crippen LogP contribution in [0.3, 0.4) is 0 Å². The topological polar surface area (TPSA) is 21.3 Å². The van der Waals surface area contributed by atoms with Crippen LogP contribution in [0, 0.1) is 0 Å². The summed E-state index contributed by atoms with van der Waals surface area (Å²) in [6.07, 6.45) is 8.71. The molecule has 2 rings (SSSR count). The Morgan fingerprint density at radius 3 is 2.77 bits per heavy atom. The molecule has 2 aliphatic rings. The maximum atomic E-state index is 5.37. The van der Waals surface area contributed by atoms with Gasteiger partial charge >= 0.3 is 0 Å². The normalized spacial score (nSPS) is 24.9. The molecule has 13 heavy (non-hydrogen) atoms. The van der Waals surface area contributed by atoms with Crippen molar-refractivity contribution in [2.75, 3.05) is 7.11 Å². The molecule has 2 nitrogen and oxygen atoms in total. The number of hydrogen-bond acceptors (Lipinski definition) is 2. The van der Waals surface area contributed by atoms with Crippen LogP contribution >= 0.6 is 0 Å². The summed E-state index contributed by atoms with van der Waals surface area (Å²) in [7, 11) is 1.74. The van der Waals surface area contributed by atoms with Crippen LogP contribution in [0.2, 0.25) is 0 Å². The van der Waals surface area contributed by atoms with Gasteiger partial charge < -0.3 is 10.1 Å². The first-order valence-electron chi connectivity index (χ1n) is 4.72. The first-order valence-corrected chi connectivity index (χ1v) is 4.72. The fraction of sp³-hybridized carbons (Fsp3) is 0.455. The predicted molar refractivity (Wildman–Crippen MR) is 53.1 cm³/mol. The highest BCUT2D eigenvalue weighted by Crippen LogP contribution is 2.35. The van der Waals surface area contributed by atoms with Gasteiger partial charge in [0.05, 0.1) is 7.11 Å². The molecule has 2 heteroatoms. The average Bonchev–Trinajstić information content (AvgIpc) is 2.93. The van der Waals surface area contributed by atoms with E-state index in [0.717, 1.165) is 5.76 Å². The van der Waals surface area contributed by atoms with Crippen molar-refractivity contribution in [2.45, 2.75) is 25.8 Å². The van der Waals surface area contributed by atoms with Crippen LogP contribution in [0.15, 0.2) is 35.3 Å². The third kappa shape index (κ3) is 1.77. The summed E-state index contributed by atoms with van der Waals surface area (Å²) in [5, 5.41) is 3.27. The van der Waals surface area contributed by atoms with Gasteiger partial charge in [0.1, 0.15) is 5.76 Å². The standard InChI is InChI=1S/C11H15NO/c1-8-3-4-10(7-12-8)11(13-2)9-5-6-9/h3-4,7-8,12H,5-6H2,1-2H3. The van der Waals surface area contributed by atoms with Crippen molar-refractivity contribution in [1.29, 1.82) is 0 Å². The molecule has 0 bridgehead atoms. The molecule has 0 aromatic heterocycles. The Bertz CT molecular complexity index is 293. The maximum Gasteiger partial charge on any atom is 0.126 e. The van der Waals surface area contributed by atoms with E-state index in [9.17, 15) is 0 Å². The molecule has 0 amide bonds. The van der Waals surface area contributed by atoms with E-state index in [1.165, 1.54) is 24.0 Å². The minimum Gasteiger partial charge on any atom is -0.496 e. The third-order valence-corrected chi connectivity index (χ3v) is 2.35. The van der Waals surface area contributed by atoms with E-state index in [1.807, 2.05) is 6.20 Å². The van der Waals surface area contributed by atoms with Gasteiger partial charge in [-0.15, -0.1) is 0 Å². The van der Waals surface area contributed by atoms with Crippen molar-refractivity contribution in [2.24, 2.45) is 0 Å². The zero-order chi connectivity index (χ0) is 9.26. The third-order valence-electron chi connectivity index (χ3n) is 2.35. The van der Waals surface area contributed by atoms with Crippen molar-refractivity contribution >= 4 is 0 Å². The number of nitrogens with one attached hydrogen (secondary N) is 1. The summed E-state index contributed by atoms with van der Waals surface area (Å²) in [6.45, 7) is 2.13. The lowest BCUT2D eigenvalue weighted by atomic mass is 10.1. The molecule has 0 saturated heterocycles. The minimum absolute atomic E-state index is 0.436. The molecule has 70 valence electrons. The molecular weight excluding hydrogens is 162 g/mol. The maximum absolute atomic E-state index is 5.37. The summed E-state index contributed by atoms with van der Waals surface area (Å²) in [5.41, 5.74) is 2.61. The summed E-state index contributed by atoms with van der Waals surface area (Å²) in [4.78, 5) is 0. The van der Waals surface area contributed by atoms with Gasteiger partial charge in [0, 0.05) is 17.8 Å². The Kier molecular flexibility index (Phi) is 2.13. The van der Waals surface area contributed by atoms with E-state index in [0.29, 0.717) is 6.04 Å². The Labute approximate surface area is 79.0 Å². The summed E-state index contributed by atoms with van der Waals surface area (Å²) in [6, 6.07) is 0.436. The number of dihydropyridines is 1. The molecule has 1 saturated carbocycles. The summed E-state index contributed by atoms with van der Waals surface area (Å²) >= 11 is 0. The highest BCUT2D eigenvalue weighted by molar-refractivity contribution is 5.44. The zero-order valence-electron chi connectivity index (χ0n) is 8.13. The van der Waals surface area contributed by atoms with Crippen LogP contribution in [-0.4, -0.2) is 13.2 Å². The highest BCUT2D eigenvalue weighted by atomic mass is 16.5. The van der Waals surface area contributed by atoms with Crippen LogP contribution in [0.5, 0.6) is 0 Å². The second kappa shape index (κ2) is 3.29. The lowest BCUT2D eigenvalue weighted by Crippen LogP contribution is -2.21. The van der Waals surface area contributed by atoms with Crippen LogP contribution < -0.4 is 5.32 Å².